The van der Waals surface area contributed by atoms with Gasteiger partial charge in [-0.15, -0.1) is 0 Å². The average Bonchev–Trinajstić information content (AvgIpc) is 2.51. The van der Waals surface area contributed by atoms with E-state index in [1.807, 2.05) is 0 Å². The predicted molar refractivity (Wildman–Crippen MR) is 43.1 cm³/mol. The molecule has 0 aromatic rings. The van der Waals surface area contributed by atoms with Crippen LogP contribution in [0.4, 0.5) is 0 Å². The van der Waals surface area contributed by atoms with Crippen LogP contribution in [0.25, 0.3) is 0 Å². The molecule has 1 unspecified atom stereocenters. The Morgan fingerprint density at radius 3 is 2.71 bits per heavy atom. The largest absolute Gasteiger partial charge is 0.388 e. The maximum Gasteiger partial charge on any atom is 0.282 e. The van der Waals surface area contributed by atoms with Gasteiger partial charge in [0.1, 0.15) is 18.3 Å². The zero-order valence-electron chi connectivity index (χ0n) is 8.04. The third kappa shape index (κ3) is 1.54. The second kappa shape index (κ2) is 3.41. The second-order valence-electron chi connectivity index (χ2n) is 3.53. The lowest BCUT2D eigenvalue weighted by molar-refractivity contribution is -0.331. The Labute approximate surface area is 81.3 Å². The summed E-state index contributed by atoms with van der Waals surface area (Å²) in [6.45, 7) is 1.61. The Balaban J connectivity index is 2.10. The minimum atomic E-state index is -1.21. The van der Waals surface area contributed by atoms with E-state index in [-0.39, 0.29) is 6.61 Å². The van der Waals surface area contributed by atoms with Crippen molar-refractivity contribution in [2.75, 3.05) is 13.7 Å². The first-order valence-electron chi connectivity index (χ1n) is 4.44. The number of aliphatic hydroxyl groups is 2. The molecule has 2 rings (SSSR count). The Hall–Kier alpha value is -0.240. The fourth-order valence-electron chi connectivity index (χ4n) is 1.58. The fourth-order valence-corrected chi connectivity index (χ4v) is 1.58. The Bertz CT molecular complexity index is 222. The van der Waals surface area contributed by atoms with Crippen LogP contribution in [0.1, 0.15) is 6.92 Å². The van der Waals surface area contributed by atoms with Gasteiger partial charge in [-0.3, -0.25) is 4.74 Å². The van der Waals surface area contributed by atoms with Crippen molar-refractivity contribution in [2.24, 2.45) is 0 Å². The van der Waals surface area contributed by atoms with Crippen LogP contribution in [0.3, 0.4) is 0 Å². The van der Waals surface area contributed by atoms with Crippen LogP contribution in [0.2, 0.25) is 0 Å². The molecule has 0 aliphatic carbocycles. The van der Waals surface area contributed by atoms with Gasteiger partial charge >= 0.3 is 0 Å². The molecule has 2 saturated heterocycles. The highest BCUT2D eigenvalue weighted by Crippen LogP contribution is 2.34. The maximum atomic E-state index is 9.59. The molecule has 14 heavy (non-hydrogen) atoms. The molecular formula is C8H14O6. The van der Waals surface area contributed by atoms with Crippen molar-refractivity contribution in [3.05, 3.63) is 0 Å². The number of methoxy groups -OCH3 is 1. The quantitative estimate of drug-likeness (QED) is 0.561. The summed E-state index contributed by atoms with van der Waals surface area (Å²) in [6.07, 6.45) is -3.34. The first-order chi connectivity index (χ1) is 6.56. The molecule has 2 N–H and O–H groups in total. The standard InChI is InChI=1S/C8H14O6/c1-8(11-2)13-6-5(10)4(9)3-12-7(6)14-8/h4-7,9-10H,3H2,1-2H3/t4-,5+,6-,7-,8?/m1/s1. The highest BCUT2D eigenvalue weighted by atomic mass is 16.9. The van der Waals surface area contributed by atoms with Crippen LogP contribution < -0.4 is 0 Å². The second-order valence-corrected chi connectivity index (χ2v) is 3.53. The van der Waals surface area contributed by atoms with Crippen molar-refractivity contribution >= 4 is 0 Å². The Morgan fingerprint density at radius 1 is 1.36 bits per heavy atom. The molecule has 2 aliphatic heterocycles. The van der Waals surface area contributed by atoms with Gasteiger partial charge in [-0.05, 0) is 0 Å². The minimum Gasteiger partial charge on any atom is -0.388 e. The van der Waals surface area contributed by atoms with E-state index < -0.39 is 30.6 Å². The first-order valence-corrected chi connectivity index (χ1v) is 4.44. The van der Waals surface area contributed by atoms with E-state index >= 15 is 0 Å². The number of aliphatic hydroxyl groups excluding tert-OH is 2. The van der Waals surface area contributed by atoms with Crippen LogP contribution in [0.15, 0.2) is 0 Å². The molecule has 0 amide bonds. The average molecular weight is 206 g/mol. The van der Waals surface area contributed by atoms with Crippen LogP contribution >= 0.6 is 0 Å². The number of fused-ring (bicyclic) bond motifs is 1. The maximum absolute atomic E-state index is 9.59. The minimum absolute atomic E-state index is 0.0332. The van der Waals surface area contributed by atoms with Gasteiger partial charge in [0.25, 0.3) is 5.97 Å². The summed E-state index contributed by atoms with van der Waals surface area (Å²) in [5, 5.41) is 18.9. The number of rotatable bonds is 1. The smallest absolute Gasteiger partial charge is 0.282 e. The third-order valence-electron chi connectivity index (χ3n) is 2.48. The molecule has 2 heterocycles. The molecule has 2 fully saturated rings. The summed E-state index contributed by atoms with van der Waals surface area (Å²) in [6, 6.07) is 0. The molecule has 0 saturated carbocycles. The molecule has 6 nitrogen and oxygen atoms in total. The van der Waals surface area contributed by atoms with Crippen molar-refractivity contribution < 1.29 is 29.2 Å². The van der Waals surface area contributed by atoms with Gasteiger partial charge in [0.2, 0.25) is 0 Å². The molecule has 5 atom stereocenters. The third-order valence-corrected chi connectivity index (χ3v) is 2.48. The predicted octanol–water partition coefficient (Wildman–Crippen LogP) is -1.20. The van der Waals surface area contributed by atoms with Gasteiger partial charge in [-0.1, -0.05) is 0 Å². The summed E-state index contributed by atoms with van der Waals surface area (Å²) in [7, 11) is 1.43. The van der Waals surface area contributed by atoms with E-state index in [0.29, 0.717) is 0 Å². The molecule has 0 aromatic heterocycles. The van der Waals surface area contributed by atoms with Crippen molar-refractivity contribution in [3.8, 4) is 0 Å². The van der Waals surface area contributed by atoms with Crippen LogP contribution in [-0.2, 0) is 18.9 Å². The van der Waals surface area contributed by atoms with Gasteiger partial charge in [0.05, 0.1) is 6.61 Å². The summed E-state index contributed by atoms with van der Waals surface area (Å²) in [5.74, 6) is -1.21. The SMILES string of the molecule is COC1(C)O[C@H]2OC[C@@H](O)[C@H](O)[C@H]2O1. The zero-order valence-corrected chi connectivity index (χ0v) is 8.04. The molecule has 0 radical (unpaired) electrons. The summed E-state index contributed by atoms with van der Waals surface area (Å²) in [4.78, 5) is 0. The molecule has 0 spiro atoms. The van der Waals surface area contributed by atoms with E-state index in [9.17, 15) is 10.2 Å². The monoisotopic (exact) mass is 206 g/mol. The summed E-state index contributed by atoms with van der Waals surface area (Å²) in [5.41, 5.74) is 0. The van der Waals surface area contributed by atoms with Crippen molar-refractivity contribution in [1.82, 2.24) is 0 Å². The molecule has 2 aliphatic rings. The fraction of sp³-hybridized carbons (Fsp3) is 1.00. The number of hydrogen-bond acceptors (Lipinski definition) is 6. The zero-order chi connectivity index (χ0) is 10.3. The van der Waals surface area contributed by atoms with Crippen LogP contribution in [0, 0.1) is 0 Å². The highest BCUT2D eigenvalue weighted by molar-refractivity contribution is 4.88. The topological polar surface area (TPSA) is 77.4 Å². The van der Waals surface area contributed by atoms with Gasteiger partial charge < -0.3 is 24.4 Å². The molecule has 0 bridgehead atoms. The van der Waals surface area contributed by atoms with E-state index in [1.54, 1.807) is 6.92 Å². The summed E-state index contributed by atoms with van der Waals surface area (Å²) < 4.78 is 20.7. The normalized spacial score (nSPS) is 53.1. The van der Waals surface area contributed by atoms with Gasteiger partial charge in [-0.25, -0.2) is 0 Å². The van der Waals surface area contributed by atoms with E-state index in [0.717, 1.165) is 0 Å². The lowest BCUT2D eigenvalue weighted by atomic mass is 10.1. The van der Waals surface area contributed by atoms with Gasteiger partial charge in [0, 0.05) is 14.0 Å². The Kier molecular flexibility index (Phi) is 2.50. The van der Waals surface area contributed by atoms with Crippen molar-refractivity contribution in [1.29, 1.82) is 0 Å². The molecule has 82 valence electrons. The lowest BCUT2D eigenvalue weighted by Gasteiger charge is -2.31. The van der Waals surface area contributed by atoms with Crippen molar-refractivity contribution in [2.45, 2.75) is 37.5 Å². The van der Waals surface area contributed by atoms with E-state index in [1.165, 1.54) is 7.11 Å². The Morgan fingerprint density at radius 2 is 2.07 bits per heavy atom. The molecule has 0 aromatic carbocycles. The van der Waals surface area contributed by atoms with Gasteiger partial charge in [0.15, 0.2) is 6.29 Å². The number of hydrogen-bond donors (Lipinski definition) is 2. The summed E-state index contributed by atoms with van der Waals surface area (Å²) >= 11 is 0. The molecular weight excluding hydrogens is 192 g/mol. The highest BCUT2D eigenvalue weighted by Gasteiger charge is 2.52. The number of ether oxygens (including phenoxy) is 4. The van der Waals surface area contributed by atoms with Crippen LogP contribution in [0.5, 0.6) is 0 Å². The lowest BCUT2D eigenvalue weighted by Crippen LogP contribution is -2.51. The molecule has 6 heteroatoms. The van der Waals surface area contributed by atoms with Crippen LogP contribution in [-0.4, -0.2) is 54.5 Å². The van der Waals surface area contributed by atoms with E-state index in [2.05, 4.69) is 0 Å². The van der Waals surface area contributed by atoms with Gasteiger partial charge in [-0.2, -0.15) is 0 Å². The first kappa shape index (κ1) is 10.3. The van der Waals surface area contributed by atoms with E-state index in [4.69, 9.17) is 18.9 Å². The van der Waals surface area contributed by atoms with Crippen molar-refractivity contribution in [3.63, 3.8) is 0 Å².